The third-order valence-corrected chi connectivity index (χ3v) is 2.88. The van der Waals surface area contributed by atoms with Crippen LogP contribution in [0.1, 0.15) is 25.3 Å². The molecule has 0 aliphatic heterocycles. The van der Waals surface area contributed by atoms with Crippen molar-refractivity contribution in [3.8, 4) is 5.75 Å². The summed E-state index contributed by atoms with van der Waals surface area (Å²) < 4.78 is 9.77. The second kappa shape index (κ2) is 10.0. The number of carbonyl (C=O) groups is 2. The number of rotatable bonds is 7. The number of anilines is 1. The van der Waals surface area contributed by atoms with Crippen molar-refractivity contribution in [1.82, 2.24) is 0 Å². The molecule has 0 aliphatic rings. The minimum atomic E-state index is -0.444. The standard InChI is InChI=1S/C15H22N2O4.ClH/c1-10-8-12(21-9-15(19)20-3)5-6-13(10)17-14(18)7-4-11(2)16;/h5-6,8,11H,4,7,9,16H2,1-3H3,(H,17,18);1H. The minimum Gasteiger partial charge on any atom is -0.482 e. The Labute approximate surface area is 136 Å². The molecule has 0 aromatic heterocycles. The predicted octanol–water partition coefficient (Wildman–Crippen LogP) is 2.03. The van der Waals surface area contributed by atoms with Crippen LogP contribution in [0.5, 0.6) is 5.75 Å². The molecule has 3 N–H and O–H groups in total. The molecule has 124 valence electrons. The summed E-state index contributed by atoms with van der Waals surface area (Å²) in [6, 6.07) is 5.19. The maximum absolute atomic E-state index is 11.7. The molecule has 1 unspecified atom stereocenters. The zero-order valence-corrected chi connectivity index (χ0v) is 13.9. The molecule has 0 spiro atoms. The Bertz CT molecular complexity index is 506. The van der Waals surface area contributed by atoms with Crippen molar-refractivity contribution in [2.75, 3.05) is 19.0 Å². The Morgan fingerprint density at radius 1 is 1.36 bits per heavy atom. The van der Waals surface area contributed by atoms with E-state index in [1.807, 2.05) is 13.8 Å². The summed E-state index contributed by atoms with van der Waals surface area (Å²) in [6.07, 6.45) is 1.03. The van der Waals surface area contributed by atoms with Gasteiger partial charge in [0.15, 0.2) is 6.61 Å². The number of nitrogens with one attached hydrogen (secondary N) is 1. The van der Waals surface area contributed by atoms with Crippen molar-refractivity contribution in [1.29, 1.82) is 0 Å². The Kier molecular flexibility index (Phi) is 9.21. The molecule has 1 aromatic rings. The maximum atomic E-state index is 11.7. The lowest BCUT2D eigenvalue weighted by Crippen LogP contribution is -2.19. The first-order valence-corrected chi connectivity index (χ1v) is 6.78. The lowest BCUT2D eigenvalue weighted by atomic mass is 10.1. The van der Waals surface area contributed by atoms with Gasteiger partial charge in [0, 0.05) is 18.2 Å². The summed E-state index contributed by atoms with van der Waals surface area (Å²) in [5.74, 6) is 0.0334. The molecule has 1 atom stereocenters. The van der Waals surface area contributed by atoms with E-state index in [2.05, 4.69) is 10.1 Å². The quantitative estimate of drug-likeness (QED) is 0.746. The smallest absolute Gasteiger partial charge is 0.343 e. The zero-order valence-electron chi connectivity index (χ0n) is 13.0. The maximum Gasteiger partial charge on any atom is 0.343 e. The minimum absolute atomic E-state index is 0. The SMILES string of the molecule is COC(=O)COc1ccc(NC(=O)CCC(C)N)c(C)c1.Cl. The summed E-state index contributed by atoms with van der Waals surface area (Å²) in [6.45, 7) is 3.58. The fourth-order valence-electron chi connectivity index (χ4n) is 1.64. The largest absolute Gasteiger partial charge is 0.482 e. The van der Waals surface area contributed by atoms with Gasteiger partial charge in [-0.1, -0.05) is 0 Å². The molecule has 0 saturated carbocycles. The Balaban J connectivity index is 0.00000441. The monoisotopic (exact) mass is 330 g/mol. The summed E-state index contributed by atoms with van der Waals surface area (Å²) in [7, 11) is 1.30. The van der Waals surface area contributed by atoms with Crippen molar-refractivity contribution >= 4 is 30.0 Å². The van der Waals surface area contributed by atoms with E-state index in [4.69, 9.17) is 10.5 Å². The van der Waals surface area contributed by atoms with E-state index in [0.29, 0.717) is 18.6 Å². The van der Waals surface area contributed by atoms with Gasteiger partial charge in [-0.3, -0.25) is 4.79 Å². The van der Waals surface area contributed by atoms with Crippen LogP contribution in [0.4, 0.5) is 5.69 Å². The average molecular weight is 331 g/mol. The topological polar surface area (TPSA) is 90.6 Å². The summed E-state index contributed by atoms with van der Waals surface area (Å²) in [5.41, 5.74) is 7.19. The second-order valence-electron chi connectivity index (χ2n) is 4.91. The molecular formula is C15H23ClN2O4. The van der Waals surface area contributed by atoms with Crippen LogP contribution < -0.4 is 15.8 Å². The number of carbonyl (C=O) groups excluding carboxylic acids is 2. The molecule has 7 heteroatoms. The van der Waals surface area contributed by atoms with Gasteiger partial charge in [-0.05, 0) is 44.0 Å². The van der Waals surface area contributed by atoms with Crippen LogP contribution >= 0.6 is 12.4 Å². The second-order valence-corrected chi connectivity index (χ2v) is 4.91. The molecule has 6 nitrogen and oxygen atoms in total. The number of nitrogens with two attached hydrogens (primary N) is 1. The Hall–Kier alpha value is -1.79. The number of halogens is 1. The third kappa shape index (κ3) is 7.28. The molecule has 0 fully saturated rings. The molecule has 1 rings (SSSR count). The lowest BCUT2D eigenvalue weighted by Gasteiger charge is -2.11. The van der Waals surface area contributed by atoms with Crippen LogP contribution in [0, 0.1) is 6.92 Å². The molecule has 22 heavy (non-hydrogen) atoms. The van der Waals surface area contributed by atoms with Gasteiger partial charge in [-0.25, -0.2) is 4.79 Å². The van der Waals surface area contributed by atoms with E-state index in [-0.39, 0.29) is 31.0 Å². The summed E-state index contributed by atoms with van der Waals surface area (Å²) in [4.78, 5) is 22.7. The number of aryl methyl sites for hydroxylation is 1. The first-order valence-electron chi connectivity index (χ1n) is 6.78. The van der Waals surface area contributed by atoms with Gasteiger partial charge in [0.1, 0.15) is 5.75 Å². The zero-order chi connectivity index (χ0) is 15.8. The molecule has 0 heterocycles. The number of benzene rings is 1. The highest BCUT2D eigenvalue weighted by Gasteiger charge is 2.08. The number of amides is 1. The normalized spacial score (nSPS) is 11.1. The van der Waals surface area contributed by atoms with Gasteiger partial charge < -0.3 is 20.5 Å². The summed E-state index contributed by atoms with van der Waals surface area (Å²) in [5, 5.41) is 2.83. The molecule has 0 saturated heterocycles. The fraction of sp³-hybridized carbons (Fsp3) is 0.467. The number of hydrogen-bond donors (Lipinski definition) is 2. The van der Waals surface area contributed by atoms with Crippen molar-refractivity contribution in [3.05, 3.63) is 23.8 Å². The number of hydrogen-bond acceptors (Lipinski definition) is 5. The van der Waals surface area contributed by atoms with E-state index in [1.165, 1.54) is 7.11 Å². The number of ether oxygens (including phenoxy) is 2. The highest BCUT2D eigenvalue weighted by molar-refractivity contribution is 5.91. The highest BCUT2D eigenvalue weighted by atomic mass is 35.5. The molecule has 1 amide bonds. The van der Waals surface area contributed by atoms with E-state index in [1.54, 1.807) is 18.2 Å². The van der Waals surface area contributed by atoms with E-state index in [9.17, 15) is 9.59 Å². The van der Waals surface area contributed by atoms with Gasteiger partial charge in [-0.2, -0.15) is 0 Å². The van der Waals surface area contributed by atoms with Crippen molar-refractivity contribution in [2.24, 2.45) is 5.73 Å². The van der Waals surface area contributed by atoms with Crippen LogP contribution in [0.2, 0.25) is 0 Å². The van der Waals surface area contributed by atoms with E-state index in [0.717, 1.165) is 11.3 Å². The van der Waals surface area contributed by atoms with Crippen LogP contribution in [-0.4, -0.2) is 31.6 Å². The van der Waals surface area contributed by atoms with Gasteiger partial charge in [-0.15, -0.1) is 12.4 Å². The average Bonchev–Trinajstić information content (AvgIpc) is 2.45. The highest BCUT2D eigenvalue weighted by Crippen LogP contribution is 2.21. The number of esters is 1. The summed E-state index contributed by atoms with van der Waals surface area (Å²) >= 11 is 0. The third-order valence-electron chi connectivity index (χ3n) is 2.88. The van der Waals surface area contributed by atoms with Crippen molar-refractivity contribution < 1.29 is 19.1 Å². The first-order chi connectivity index (χ1) is 9.92. The van der Waals surface area contributed by atoms with Crippen LogP contribution in [-0.2, 0) is 14.3 Å². The van der Waals surface area contributed by atoms with Gasteiger partial charge in [0.05, 0.1) is 7.11 Å². The van der Waals surface area contributed by atoms with Crippen LogP contribution in [0.15, 0.2) is 18.2 Å². The van der Waals surface area contributed by atoms with Gasteiger partial charge in [0.25, 0.3) is 0 Å². The van der Waals surface area contributed by atoms with E-state index < -0.39 is 5.97 Å². The van der Waals surface area contributed by atoms with Crippen molar-refractivity contribution in [3.63, 3.8) is 0 Å². The Morgan fingerprint density at radius 2 is 2.05 bits per heavy atom. The predicted molar refractivity (Wildman–Crippen MR) is 87.5 cm³/mol. The molecular weight excluding hydrogens is 308 g/mol. The Morgan fingerprint density at radius 3 is 2.59 bits per heavy atom. The number of methoxy groups -OCH3 is 1. The molecule has 0 bridgehead atoms. The van der Waals surface area contributed by atoms with Crippen LogP contribution in [0.3, 0.4) is 0 Å². The molecule has 0 aliphatic carbocycles. The lowest BCUT2D eigenvalue weighted by molar-refractivity contribution is -0.142. The fourth-order valence-corrected chi connectivity index (χ4v) is 1.64. The van der Waals surface area contributed by atoms with Crippen molar-refractivity contribution in [2.45, 2.75) is 32.7 Å². The van der Waals surface area contributed by atoms with Crippen LogP contribution in [0.25, 0.3) is 0 Å². The molecule has 0 radical (unpaired) electrons. The molecule has 1 aromatic carbocycles. The first kappa shape index (κ1) is 20.2. The van der Waals surface area contributed by atoms with Gasteiger partial charge in [0.2, 0.25) is 5.91 Å². The van der Waals surface area contributed by atoms with Gasteiger partial charge >= 0.3 is 5.97 Å². The van der Waals surface area contributed by atoms with E-state index >= 15 is 0 Å².